The summed E-state index contributed by atoms with van der Waals surface area (Å²) in [6, 6.07) is 0.0753. The maximum Gasteiger partial charge on any atom is 0.317 e. The second kappa shape index (κ2) is 8.28. The van der Waals surface area contributed by atoms with Crippen LogP contribution in [0, 0.1) is 12.8 Å². The molecule has 0 aliphatic carbocycles. The van der Waals surface area contributed by atoms with Crippen LogP contribution < -0.4 is 5.32 Å². The van der Waals surface area contributed by atoms with E-state index in [1.807, 2.05) is 29.9 Å². The van der Waals surface area contributed by atoms with Crippen LogP contribution in [0.5, 0.6) is 0 Å². The van der Waals surface area contributed by atoms with Crippen LogP contribution in [-0.2, 0) is 13.0 Å². The normalized spacial score (nSPS) is 17.9. The number of hydrogen-bond donors (Lipinski definition) is 1. The van der Waals surface area contributed by atoms with Gasteiger partial charge in [-0.15, -0.1) is 11.3 Å². The molecule has 7 heteroatoms. The Kier molecular flexibility index (Phi) is 5.85. The largest absolute Gasteiger partial charge is 0.338 e. The first-order valence-electron chi connectivity index (χ1n) is 8.60. The predicted octanol–water partition coefficient (Wildman–Crippen LogP) is 2.70. The average Bonchev–Trinajstić information content (AvgIpc) is 3.24. The zero-order chi connectivity index (χ0) is 16.8. The minimum atomic E-state index is 0.0753. The zero-order valence-electron chi connectivity index (χ0n) is 14.1. The Morgan fingerprint density at radius 1 is 1.50 bits per heavy atom. The molecule has 1 saturated heterocycles. The van der Waals surface area contributed by atoms with E-state index in [0.717, 1.165) is 51.1 Å². The number of piperidine rings is 1. The second-order valence-electron chi connectivity index (χ2n) is 6.41. The molecule has 0 spiro atoms. The van der Waals surface area contributed by atoms with Gasteiger partial charge in [-0.05, 0) is 38.5 Å². The lowest BCUT2D eigenvalue weighted by Gasteiger charge is -2.33. The van der Waals surface area contributed by atoms with Gasteiger partial charge in [0.15, 0.2) is 0 Å². The van der Waals surface area contributed by atoms with Crippen LogP contribution in [0.25, 0.3) is 0 Å². The fraction of sp³-hybridized carbons (Fsp3) is 0.588. The van der Waals surface area contributed by atoms with Gasteiger partial charge in [-0.3, -0.25) is 0 Å². The van der Waals surface area contributed by atoms with Gasteiger partial charge in [-0.25, -0.2) is 14.8 Å². The van der Waals surface area contributed by atoms with Crippen LogP contribution in [0.15, 0.2) is 24.2 Å². The van der Waals surface area contributed by atoms with Crippen LogP contribution in [0.1, 0.15) is 29.8 Å². The van der Waals surface area contributed by atoms with Crippen molar-refractivity contribution in [1.29, 1.82) is 0 Å². The third-order valence-corrected chi connectivity index (χ3v) is 5.53. The van der Waals surface area contributed by atoms with E-state index >= 15 is 0 Å². The van der Waals surface area contributed by atoms with Gasteiger partial charge < -0.3 is 14.8 Å². The molecule has 1 atom stereocenters. The van der Waals surface area contributed by atoms with Crippen LogP contribution >= 0.6 is 11.3 Å². The Morgan fingerprint density at radius 2 is 2.42 bits per heavy atom. The Balaban J connectivity index is 1.38. The topological polar surface area (TPSA) is 63.1 Å². The highest BCUT2D eigenvalue weighted by Gasteiger charge is 2.23. The molecule has 0 saturated carbocycles. The van der Waals surface area contributed by atoms with E-state index in [-0.39, 0.29) is 6.03 Å². The van der Waals surface area contributed by atoms with Crippen molar-refractivity contribution in [3.8, 4) is 0 Å². The van der Waals surface area contributed by atoms with Gasteiger partial charge in [-0.2, -0.15) is 0 Å². The van der Waals surface area contributed by atoms with Crippen LogP contribution in [0.4, 0.5) is 4.79 Å². The summed E-state index contributed by atoms with van der Waals surface area (Å²) in [5.74, 6) is 0.513. The summed E-state index contributed by atoms with van der Waals surface area (Å²) in [6.45, 7) is 5.39. The molecule has 2 aromatic heterocycles. The summed E-state index contributed by atoms with van der Waals surface area (Å²) in [6.07, 6.45) is 9.83. The Morgan fingerprint density at radius 3 is 3.17 bits per heavy atom. The molecule has 2 amide bonds. The highest BCUT2D eigenvalue weighted by atomic mass is 32.1. The van der Waals surface area contributed by atoms with E-state index in [0.29, 0.717) is 5.92 Å². The predicted molar refractivity (Wildman–Crippen MR) is 95.1 cm³/mol. The monoisotopic (exact) mass is 347 g/mol. The standard InChI is InChI=1S/C17H25N5OS/c1-14-16(24-13-20-14)5-2-6-19-17(23)22-8-3-4-15(11-22)10-21-9-7-18-12-21/h7,9,12-13,15H,2-6,8,10-11H2,1H3,(H,19,23). The molecule has 6 nitrogen and oxygen atoms in total. The van der Waals surface area contributed by atoms with Crippen molar-refractivity contribution in [2.24, 2.45) is 5.92 Å². The molecule has 1 N–H and O–H groups in total. The van der Waals surface area contributed by atoms with Gasteiger partial charge in [0, 0.05) is 43.4 Å². The lowest BCUT2D eigenvalue weighted by atomic mass is 9.98. The SMILES string of the molecule is Cc1ncsc1CCCNC(=O)N1CCCC(Cn2ccnc2)C1. The van der Waals surface area contributed by atoms with E-state index in [4.69, 9.17) is 0 Å². The number of aryl methyl sites for hydroxylation is 2. The molecule has 130 valence electrons. The Hall–Kier alpha value is -1.89. The smallest absolute Gasteiger partial charge is 0.317 e. The summed E-state index contributed by atoms with van der Waals surface area (Å²) in [7, 11) is 0. The number of amides is 2. The van der Waals surface area contributed by atoms with Crippen molar-refractivity contribution < 1.29 is 4.79 Å². The Labute approximate surface area is 146 Å². The number of nitrogens with zero attached hydrogens (tertiary/aromatic N) is 4. The van der Waals surface area contributed by atoms with Crippen molar-refractivity contribution in [2.45, 2.75) is 39.2 Å². The summed E-state index contributed by atoms with van der Waals surface area (Å²) in [5, 5.41) is 3.07. The van der Waals surface area contributed by atoms with Crippen LogP contribution in [0.3, 0.4) is 0 Å². The molecule has 3 rings (SSSR count). The third-order valence-electron chi connectivity index (χ3n) is 4.54. The number of rotatable bonds is 6. The molecular weight excluding hydrogens is 322 g/mol. The minimum absolute atomic E-state index is 0.0753. The third kappa shape index (κ3) is 4.56. The highest BCUT2D eigenvalue weighted by Crippen LogP contribution is 2.18. The molecular formula is C17H25N5OS. The highest BCUT2D eigenvalue weighted by molar-refractivity contribution is 7.09. The van der Waals surface area contributed by atoms with Crippen molar-refractivity contribution in [3.05, 3.63) is 34.8 Å². The van der Waals surface area contributed by atoms with Gasteiger partial charge in [0.25, 0.3) is 0 Å². The van der Waals surface area contributed by atoms with Crippen LogP contribution in [-0.4, -0.2) is 45.1 Å². The fourth-order valence-electron chi connectivity index (χ4n) is 3.21. The van der Waals surface area contributed by atoms with Gasteiger partial charge in [0.2, 0.25) is 0 Å². The Bertz CT molecular complexity index is 639. The number of hydrogen-bond acceptors (Lipinski definition) is 4. The van der Waals surface area contributed by atoms with Crippen molar-refractivity contribution in [1.82, 2.24) is 24.8 Å². The molecule has 1 aliphatic rings. The molecule has 1 fully saturated rings. The molecule has 3 heterocycles. The number of imidazole rings is 1. The van der Waals surface area contributed by atoms with E-state index < -0.39 is 0 Å². The molecule has 0 radical (unpaired) electrons. The molecule has 0 bridgehead atoms. The van der Waals surface area contributed by atoms with Gasteiger partial charge in [0.05, 0.1) is 17.5 Å². The van der Waals surface area contributed by atoms with Gasteiger partial charge in [0.1, 0.15) is 0 Å². The second-order valence-corrected chi connectivity index (χ2v) is 7.35. The maximum atomic E-state index is 12.4. The van der Waals surface area contributed by atoms with E-state index in [1.54, 1.807) is 17.5 Å². The first kappa shape index (κ1) is 17.0. The average molecular weight is 347 g/mol. The lowest BCUT2D eigenvalue weighted by Crippen LogP contribution is -2.46. The molecule has 0 aromatic carbocycles. The quantitative estimate of drug-likeness (QED) is 0.817. The summed E-state index contributed by atoms with van der Waals surface area (Å²) < 4.78 is 2.10. The summed E-state index contributed by atoms with van der Waals surface area (Å²) in [4.78, 5) is 24.0. The lowest BCUT2D eigenvalue weighted by molar-refractivity contribution is 0.159. The molecule has 1 unspecified atom stereocenters. The number of likely N-dealkylation sites (tertiary alicyclic amines) is 1. The summed E-state index contributed by atoms with van der Waals surface area (Å²) >= 11 is 1.70. The maximum absolute atomic E-state index is 12.4. The van der Waals surface area contributed by atoms with Crippen molar-refractivity contribution in [2.75, 3.05) is 19.6 Å². The first-order valence-corrected chi connectivity index (χ1v) is 9.48. The van der Waals surface area contributed by atoms with Crippen molar-refractivity contribution in [3.63, 3.8) is 0 Å². The van der Waals surface area contributed by atoms with E-state index in [9.17, 15) is 4.79 Å². The fourth-order valence-corrected chi connectivity index (χ4v) is 4.04. The molecule has 2 aromatic rings. The molecule has 1 aliphatic heterocycles. The molecule has 24 heavy (non-hydrogen) atoms. The number of nitrogens with one attached hydrogen (secondary N) is 1. The van der Waals surface area contributed by atoms with E-state index in [1.165, 1.54) is 11.3 Å². The summed E-state index contributed by atoms with van der Waals surface area (Å²) in [5.41, 5.74) is 3.00. The van der Waals surface area contributed by atoms with Crippen LogP contribution in [0.2, 0.25) is 0 Å². The van der Waals surface area contributed by atoms with Gasteiger partial charge in [-0.1, -0.05) is 0 Å². The van der Waals surface area contributed by atoms with E-state index in [2.05, 4.69) is 19.9 Å². The number of carbonyl (C=O) groups excluding carboxylic acids is 1. The number of thiazole rings is 1. The van der Waals surface area contributed by atoms with Crippen molar-refractivity contribution >= 4 is 17.4 Å². The number of aromatic nitrogens is 3. The minimum Gasteiger partial charge on any atom is -0.338 e. The first-order chi connectivity index (χ1) is 11.7. The van der Waals surface area contributed by atoms with Gasteiger partial charge >= 0.3 is 6.03 Å². The number of carbonyl (C=O) groups is 1. The zero-order valence-corrected chi connectivity index (χ0v) is 15.0. The number of urea groups is 1.